The lowest BCUT2D eigenvalue weighted by Crippen LogP contribution is -2.47. The lowest BCUT2D eigenvalue weighted by atomic mass is 9.80. The quantitative estimate of drug-likeness (QED) is 0.374. The van der Waals surface area contributed by atoms with Crippen LogP contribution in [0.15, 0.2) is 24.7 Å². The Hall–Kier alpha value is -4.08. The third-order valence-corrected chi connectivity index (χ3v) is 9.98. The number of piperidine rings is 1. The van der Waals surface area contributed by atoms with Gasteiger partial charge in [-0.1, -0.05) is 0 Å². The molecule has 7 rings (SSSR count). The van der Waals surface area contributed by atoms with Gasteiger partial charge in [0, 0.05) is 55.4 Å². The van der Waals surface area contributed by atoms with Crippen molar-refractivity contribution in [3.63, 3.8) is 0 Å². The number of carbonyl (C=O) groups is 2. The summed E-state index contributed by atoms with van der Waals surface area (Å²) in [6, 6.07) is 2.30. The normalized spacial score (nSPS) is 25.0. The van der Waals surface area contributed by atoms with E-state index in [0.717, 1.165) is 5.56 Å². The molecule has 2 saturated heterocycles. The molecular weight excluding hydrogens is 615 g/mol. The minimum atomic E-state index is -2.88. The molecule has 3 aromatic rings. The number of ether oxygens (including phenoxy) is 1. The number of nitrogens with two attached hydrogens (primary N) is 1. The second kappa shape index (κ2) is 10.7. The molecule has 4 fully saturated rings. The van der Waals surface area contributed by atoms with E-state index in [1.165, 1.54) is 30.6 Å². The number of carbonyl (C=O) groups excluding carboxylic acids is 2. The van der Waals surface area contributed by atoms with Gasteiger partial charge < -0.3 is 20.7 Å². The van der Waals surface area contributed by atoms with Crippen molar-refractivity contribution < 1.29 is 36.3 Å². The molecule has 2 amide bonds. The van der Waals surface area contributed by atoms with E-state index >= 15 is 0 Å². The van der Waals surface area contributed by atoms with Crippen molar-refractivity contribution in [2.24, 2.45) is 11.3 Å². The number of nitrogen functional groups attached to an aromatic ring is 1. The largest absolute Gasteiger partial charge is 0.480 e. The van der Waals surface area contributed by atoms with E-state index in [-0.39, 0.29) is 36.8 Å². The van der Waals surface area contributed by atoms with Crippen LogP contribution in [-0.4, -0.2) is 98.5 Å². The van der Waals surface area contributed by atoms with Crippen molar-refractivity contribution in [1.29, 1.82) is 0 Å². The monoisotopic (exact) mass is 648 g/mol. The molecule has 3 N–H and O–H groups in total. The van der Waals surface area contributed by atoms with Crippen LogP contribution in [0.2, 0.25) is 0 Å². The van der Waals surface area contributed by atoms with Gasteiger partial charge in [0.15, 0.2) is 5.82 Å². The molecule has 0 aromatic carbocycles. The molecule has 2 aliphatic heterocycles. The van der Waals surface area contributed by atoms with E-state index in [9.17, 15) is 31.5 Å². The van der Waals surface area contributed by atoms with Crippen LogP contribution >= 0.6 is 0 Å². The molecule has 2 saturated carbocycles. The van der Waals surface area contributed by atoms with Gasteiger partial charge in [-0.3, -0.25) is 14.5 Å². The number of aromatic nitrogens is 4. The number of amides is 2. The molecule has 2 atom stereocenters. The average Bonchev–Trinajstić information content (AvgIpc) is 3.26. The smallest absolute Gasteiger partial charge is 0.257 e. The van der Waals surface area contributed by atoms with Crippen LogP contribution in [0, 0.1) is 11.3 Å². The van der Waals surface area contributed by atoms with Gasteiger partial charge in [0.2, 0.25) is 17.7 Å². The van der Waals surface area contributed by atoms with Gasteiger partial charge in [-0.05, 0) is 43.6 Å². The highest BCUT2D eigenvalue weighted by Gasteiger charge is 2.70. The number of fused-ring (bicyclic) bond motifs is 1. The van der Waals surface area contributed by atoms with E-state index in [1.807, 2.05) is 6.07 Å². The van der Waals surface area contributed by atoms with E-state index < -0.39 is 60.0 Å². The Morgan fingerprint density at radius 3 is 2.48 bits per heavy atom. The number of hydrogen-bond acceptors (Lipinski definition) is 8. The van der Waals surface area contributed by atoms with Gasteiger partial charge in [-0.25, -0.2) is 36.4 Å². The molecular formula is C30H33F5N8O3. The first-order valence-electron chi connectivity index (χ1n) is 15.2. The molecule has 3 aromatic heterocycles. The summed E-state index contributed by atoms with van der Waals surface area (Å²) in [7, 11) is 1.33. The summed E-state index contributed by atoms with van der Waals surface area (Å²) in [5.41, 5.74) is 7.68. The molecule has 5 heterocycles. The summed E-state index contributed by atoms with van der Waals surface area (Å²) in [6.07, 6.45) is 0.833. The highest BCUT2D eigenvalue weighted by atomic mass is 19.3. The Morgan fingerprint density at radius 2 is 1.83 bits per heavy atom. The number of methoxy groups -OCH3 is 1. The predicted molar refractivity (Wildman–Crippen MR) is 154 cm³/mol. The van der Waals surface area contributed by atoms with Crippen LogP contribution in [0.3, 0.4) is 0 Å². The summed E-state index contributed by atoms with van der Waals surface area (Å²) in [4.78, 5) is 37.8. The predicted octanol–water partition coefficient (Wildman–Crippen LogP) is 3.33. The van der Waals surface area contributed by atoms with Gasteiger partial charge in [0.05, 0.1) is 25.4 Å². The topological polar surface area (TPSA) is 131 Å². The first-order valence-corrected chi connectivity index (χ1v) is 15.2. The molecule has 16 heteroatoms. The summed E-state index contributed by atoms with van der Waals surface area (Å²) >= 11 is 0. The lowest BCUT2D eigenvalue weighted by Gasteiger charge is -2.36. The van der Waals surface area contributed by atoms with Gasteiger partial charge in [0.1, 0.15) is 23.6 Å². The summed E-state index contributed by atoms with van der Waals surface area (Å²) in [5.74, 6) is -7.36. The highest BCUT2D eigenvalue weighted by Crippen LogP contribution is 2.65. The van der Waals surface area contributed by atoms with Crippen molar-refractivity contribution in [2.45, 2.75) is 62.7 Å². The van der Waals surface area contributed by atoms with E-state index in [4.69, 9.17) is 10.5 Å². The number of nitrogens with one attached hydrogen (secondary N) is 1. The maximum Gasteiger partial charge on any atom is 0.257 e. The maximum absolute atomic E-state index is 15.0. The van der Waals surface area contributed by atoms with E-state index in [0.29, 0.717) is 49.2 Å². The molecule has 2 aliphatic carbocycles. The molecule has 0 unspecified atom stereocenters. The molecule has 0 radical (unpaired) electrons. The number of hydrogen-bond donors (Lipinski definition) is 2. The fraction of sp³-hybridized carbons (Fsp3) is 0.567. The van der Waals surface area contributed by atoms with Crippen LogP contribution in [-0.2, 0) is 11.3 Å². The minimum absolute atomic E-state index is 0.000768. The van der Waals surface area contributed by atoms with Crippen LogP contribution in [0.5, 0.6) is 5.88 Å². The number of anilines is 1. The average molecular weight is 649 g/mol. The second-order valence-electron chi connectivity index (χ2n) is 13.0. The fourth-order valence-electron chi connectivity index (χ4n) is 7.11. The minimum Gasteiger partial charge on any atom is -0.480 e. The van der Waals surface area contributed by atoms with Crippen LogP contribution < -0.4 is 15.8 Å². The van der Waals surface area contributed by atoms with Crippen molar-refractivity contribution in [1.82, 2.24) is 34.7 Å². The Labute approximate surface area is 260 Å². The zero-order valence-corrected chi connectivity index (χ0v) is 25.0. The van der Waals surface area contributed by atoms with Gasteiger partial charge in [-0.15, -0.1) is 0 Å². The Bertz CT molecular complexity index is 1700. The van der Waals surface area contributed by atoms with Crippen molar-refractivity contribution >= 4 is 23.1 Å². The Morgan fingerprint density at radius 1 is 1.11 bits per heavy atom. The molecule has 1 spiro atoms. The third kappa shape index (κ3) is 5.19. The summed E-state index contributed by atoms with van der Waals surface area (Å²) in [6.45, 7) is 0.990. The number of alkyl halides is 5. The SMILES string of the molecule is COc1ncc(-c2cc(CN3CCC4(CC3)CC4(F)F)c3c(N)ncnn23)cc1C(=O)N[C@@H]1CN(C(=O)C2CC(F)(F)C2)C[C@@H]1F. The van der Waals surface area contributed by atoms with E-state index in [2.05, 4.69) is 25.3 Å². The first-order chi connectivity index (χ1) is 21.8. The number of pyridine rings is 1. The number of halogens is 5. The zero-order chi connectivity index (χ0) is 32.6. The van der Waals surface area contributed by atoms with Crippen LogP contribution in [0.1, 0.15) is 48.0 Å². The summed E-state index contributed by atoms with van der Waals surface area (Å²) < 4.78 is 76.2. The Kier molecular flexibility index (Phi) is 7.14. The van der Waals surface area contributed by atoms with Crippen molar-refractivity contribution in [3.8, 4) is 17.1 Å². The van der Waals surface area contributed by atoms with Crippen LogP contribution in [0.4, 0.5) is 27.8 Å². The third-order valence-electron chi connectivity index (χ3n) is 9.98. The molecule has 46 heavy (non-hydrogen) atoms. The van der Waals surface area contributed by atoms with Gasteiger partial charge >= 0.3 is 0 Å². The summed E-state index contributed by atoms with van der Waals surface area (Å²) in [5, 5.41) is 6.98. The van der Waals surface area contributed by atoms with Gasteiger partial charge in [-0.2, -0.15) is 5.10 Å². The molecule has 246 valence electrons. The zero-order valence-electron chi connectivity index (χ0n) is 25.0. The van der Waals surface area contributed by atoms with Crippen molar-refractivity contribution in [2.75, 3.05) is 39.0 Å². The molecule has 11 nitrogen and oxygen atoms in total. The van der Waals surface area contributed by atoms with Crippen LogP contribution in [0.25, 0.3) is 16.8 Å². The molecule has 0 bridgehead atoms. The standard InChI is InChI=1S/C30H33F5N8O3/c1-46-26-19(25(44)40-21-13-42(12-20(21)31)27(45)18-8-29(32,33)9-18)6-16(10-37-26)22-7-17(23-24(36)38-15-39-43(22)23)11-41-4-2-28(3-5-41)14-30(28,34)35/h6-7,10,15,18,20-21H,2-5,8-9,11-14H2,1H3,(H,40,44)(H2,36,38,39)/t20-,21+/m0/s1. The number of rotatable bonds is 7. The molecule has 4 aliphatic rings. The number of likely N-dealkylation sites (tertiary alicyclic amines) is 2. The van der Waals surface area contributed by atoms with Gasteiger partial charge in [0.25, 0.3) is 11.8 Å². The highest BCUT2D eigenvalue weighted by molar-refractivity contribution is 5.98. The number of nitrogens with zero attached hydrogens (tertiary/aromatic N) is 6. The van der Waals surface area contributed by atoms with E-state index in [1.54, 1.807) is 4.52 Å². The second-order valence-corrected chi connectivity index (χ2v) is 13.0. The lowest BCUT2D eigenvalue weighted by molar-refractivity contribution is -0.159. The van der Waals surface area contributed by atoms with Crippen molar-refractivity contribution in [3.05, 3.63) is 35.8 Å². The maximum atomic E-state index is 15.0. The Balaban J connectivity index is 1.11. The fourth-order valence-corrected chi connectivity index (χ4v) is 7.11. The first kappa shape index (κ1) is 30.6.